The van der Waals surface area contributed by atoms with Gasteiger partial charge in [0.05, 0.1) is 5.69 Å². The van der Waals surface area contributed by atoms with Gasteiger partial charge >= 0.3 is 10.3 Å². The molecule has 1 unspecified atom stereocenters. The highest BCUT2D eigenvalue weighted by atomic mass is 32.2. The van der Waals surface area contributed by atoms with E-state index in [1.54, 1.807) is 7.11 Å². The fraction of sp³-hybridized carbons (Fsp3) is 0.500. The van der Waals surface area contributed by atoms with E-state index in [0.29, 0.717) is 17.6 Å². The van der Waals surface area contributed by atoms with Crippen molar-refractivity contribution in [2.45, 2.75) is 51.4 Å². The van der Waals surface area contributed by atoms with E-state index < -0.39 is 24.5 Å². The Labute approximate surface area is 157 Å². The minimum absolute atomic E-state index is 0.139. The smallest absolute Gasteiger partial charge is 0.364 e. The number of aromatic nitrogens is 2. The molecule has 2 aromatic rings. The van der Waals surface area contributed by atoms with Crippen LogP contribution in [0.4, 0.5) is 0 Å². The predicted molar refractivity (Wildman–Crippen MR) is 106 cm³/mol. The lowest BCUT2D eigenvalue weighted by Crippen LogP contribution is -2.54. The van der Waals surface area contributed by atoms with E-state index in [0.717, 1.165) is 9.54 Å². The zero-order valence-electron chi connectivity index (χ0n) is 16.2. The second-order valence-corrected chi connectivity index (χ2v) is 14.5. The van der Waals surface area contributed by atoms with Crippen molar-refractivity contribution in [1.29, 1.82) is 0 Å². The third-order valence-electron chi connectivity index (χ3n) is 5.25. The molecule has 0 radical (unpaired) electrons. The highest BCUT2D eigenvalue weighted by Crippen LogP contribution is 2.36. The van der Waals surface area contributed by atoms with Crippen molar-refractivity contribution in [2.24, 2.45) is 0 Å². The zero-order chi connectivity index (χ0) is 19.8. The van der Waals surface area contributed by atoms with Crippen molar-refractivity contribution < 1.29 is 17.7 Å². The molecule has 1 aromatic carbocycles. The molecule has 1 N–H and O–H groups in total. The number of rotatable bonds is 6. The molecule has 26 heavy (non-hydrogen) atoms. The molecule has 1 aromatic heterocycles. The van der Waals surface area contributed by atoms with E-state index in [1.807, 2.05) is 30.3 Å². The van der Waals surface area contributed by atoms with Gasteiger partial charge < -0.3 is 4.74 Å². The fourth-order valence-corrected chi connectivity index (χ4v) is 5.83. The second kappa shape index (κ2) is 7.26. The number of benzene rings is 1. The summed E-state index contributed by atoms with van der Waals surface area (Å²) in [6.45, 7) is 10.3. The van der Waals surface area contributed by atoms with Gasteiger partial charge in [-0.1, -0.05) is 64.2 Å². The molecular formula is C18H28N2O4SSi. The molecule has 0 bridgehead atoms. The lowest BCUT2D eigenvalue weighted by molar-refractivity contribution is 0.100. The number of methoxy groups -OCH3 is 1. The quantitative estimate of drug-likeness (QED) is 0.599. The van der Waals surface area contributed by atoms with Crippen molar-refractivity contribution >= 4 is 23.8 Å². The summed E-state index contributed by atoms with van der Waals surface area (Å²) in [4.78, 5) is 4.64. The van der Waals surface area contributed by atoms with Crippen LogP contribution in [0.2, 0.25) is 18.1 Å². The summed E-state index contributed by atoms with van der Waals surface area (Å²) in [6.07, 6.45) is 1.56. The van der Waals surface area contributed by atoms with E-state index in [1.165, 1.54) is 6.20 Å². The molecule has 0 aliphatic rings. The number of ether oxygens (including phenoxy) is 1. The molecule has 0 aliphatic heterocycles. The molecule has 0 fully saturated rings. The topological polar surface area (TPSA) is 81.4 Å². The fourth-order valence-electron chi connectivity index (χ4n) is 2.60. The van der Waals surface area contributed by atoms with Gasteiger partial charge in [-0.25, -0.2) is 8.96 Å². The van der Waals surface area contributed by atoms with Crippen LogP contribution < -0.4 is 5.45 Å². The zero-order valence-corrected chi connectivity index (χ0v) is 18.0. The highest BCUT2D eigenvalue weighted by Gasteiger charge is 2.43. The molecular weight excluding hydrogens is 368 g/mol. The Balaban J connectivity index is 2.54. The van der Waals surface area contributed by atoms with E-state index in [-0.39, 0.29) is 5.04 Å². The van der Waals surface area contributed by atoms with Gasteiger partial charge in [-0.05, 0) is 10.6 Å². The third kappa shape index (κ3) is 4.25. The van der Waals surface area contributed by atoms with Crippen molar-refractivity contribution in [3.63, 3.8) is 0 Å². The minimum atomic E-state index is -4.44. The van der Waals surface area contributed by atoms with Crippen LogP contribution in [0.25, 0.3) is 0 Å². The van der Waals surface area contributed by atoms with Crippen LogP contribution in [0.3, 0.4) is 0 Å². The maximum absolute atomic E-state index is 12.0. The normalized spacial score (nSPS) is 14.4. The van der Waals surface area contributed by atoms with Gasteiger partial charge in [-0.3, -0.25) is 4.55 Å². The van der Waals surface area contributed by atoms with Gasteiger partial charge in [-0.15, -0.1) is 0 Å². The number of nitrogens with zero attached hydrogens (tertiary/aromatic N) is 2. The molecule has 6 nitrogen and oxygen atoms in total. The van der Waals surface area contributed by atoms with Crippen LogP contribution in [0.5, 0.6) is 0 Å². The van der Waals surface area contributed by atoms with Crippen LogP contribution in [0, 0.1) is 0 Å². The van der Waals surface area contributed by atoms with Gasteiger partial charge in [0.15, 0.2) is 0 Å². The summed E-state index contributed by atoms with van der Waals surface area (Å²) < 4.78 is 40.2. The number of hydrogen-bond acceptors (Lipinski definition) is 4. The third-order valence-corrected chi connectivity index (χ3v) is 11.4. The first kappa shape index (κ1) is 20.8. The molecule has 0 saturated carbocycles. The van der Waals surface area contributed by atoms with E-state index in [4.69, 9.17) is 4.74 Å². The molecule has 1 heterocycles. The Bertz CT molecular complexity index is 855. The van der Waals surface area contributed by atoms with Crippen molar-refractivity contribution in [3.05, 3.63) is 47.8 Å². The molecule has 2 rings (SSSR count). The van der Waals surface area contributed by atoms with Gasteiger partial charge in [0, 0.05) is 19.7 Å². The highest BCUT2D eigenvalue weighted by molar-refractivity contribution is 7.84. The molecule has 0 amide bonds. The second-order valence-electron chi connectivity index (χ2n) is 8.05. The standard InChI is InChI=1S/C18H28N2O4SSi/c1-18(2,3)26(5,6)17-19-15(13-20(17)25(21,22)23)16(24-4)12-14-10-8-7-9-11-14/h7-11,13,16H,12H2,1-6H3,(H,21,22,23). The van der Waals surface area contributed by atoms with Crippen molar-refractivity contribution in [1.82, 2.24) is 8.96 Å². The average Bonchev–Trinajstić information content (AvgIpc) is 2.98. The van der Waals surface area contributed by atoms with Crippen molar-refractivity contribution in [3.8, 4) is 0 Å². The Kier molecular flexibility index (Phi) is 5.82. The molecule has 0 aliphatic carbocycles. The summed E-state index contributed by atoms with van der Waals surface area (Å²) in [7, 11) is -5.17. The summed E-state index contributed by atoms with van der Waals surface area (Å²) in [5.74, 6) is 0. The molecule has 144 valence electrons. The molecule has 0 spiro atoms. The predicted octanol–water partition coefficient (Wildman–Crippen LogP) is 3.18. The lowest BCUT2D eigenvalue weighted by Gasteiger charge is -2.35. The van der Waals surface area contributed by atoms with Crippen LogP contribution in [0.1, 0.15) is 38.1 Å². The molecule has 1 atom stereocenters. The summed E-state index contributed by atoms with van der Waals surface area (Å²) in [5, 5.41) is -0.139. The Morgan fingerprint density at radius 3 is 2.27 bits per heavy atom. The van der Waals surface area contributed by atoms with E-state index in [2.05, 4.69) is 38.8 Å². The van der Waals surface area contributed by atoms with Gasteiger partial charge in [-0.2, -0.15) is 8.42 Å². The Morgan fingerprint density at radius 1 is 1.23 bits per heavy atom. The van der Waals surface area contributed by atoms with Gasteiger partial charge in [0.1, 0.15) is 19.6 Å². The maximum Gasteiger partial charge on any atom is 0.364 e. The van der Waals surface area contributed by atoms with Crippen LogP contribution in [0.15, 0.2) is 36.5 Å². The van der Waals surface area contributed by atoms with Crippen LogP contribution in [-0.2, 0) is 21.5 Å². The van der Waals surface area contributed by atoms with Gasteiger partial charge in [0.2, 0.25) is 0 Å². The van der Waals surface area contributed by atoms with Crippen molar-refractivity contribution in [2.75, 3.05) is 7.11 Å². The first-order valence-corrected chi connectivity index (χ1v) is 12.9. The average molecular weight is 397 g/mol. The number of hydrogen-bond donors (Lipinski definition) is 1. The van der Waals surface area contributed by atoms with Crippen LogP contribution >= 0.6 is 0 Å². The van der Waals surface area contributed by atoms with E-state index in [9.17, 15) is 13.0 Å². The summed E-state index contributed by atoms with van der Waals surface area (Å²) in [5.41, 5.74) is 2.00. The monoisotopic (exact) mass is 396 g/mol. The lowest BCUT2D eigenvalue weighted by atomic mass is 10.1. The maximum atomic E-state index is 12.0. The largest absolute Gasteiger partial charge is 0.375 e. The summed E-state index contributed by atoms with van der Waals surface area (Å²) in [6, 6.07) is 9.80. The first-order valence-electron chi connectivity index (χ1n) is 8.52. The molecule has 8 heteroatoms. The minimum Gasteiger partial charge on any atom is -0.375 e. The summed E-state index contributed by atoms with van der Waals surface area (Å²) >= 11 is 0. The Morgan fingerprint density at radius 2 is 1.81 bits per heavy atom. The van der Waals surface area contributed by atoms with Crippen LogP contribution in [-0.4, -0.2) is 37.1 Å². The SMILES string of the molecule is COC(Cc1ccccc1)c1cn(S(=O)(=O)O)c([Si](C)(C)C(C)(C)C)n1. The van der Waals surface area contributed by atoms with E-state index >= 15 is 0 Å². The first-order chi connectivity index (χ1) is 11.9. The Hall–Kier alpha value is -1.48. The number of imidazole rings is 1. The van der Waals surface area contributed by atoms with Gasteiger partial charge in [0.25, 0.3) is 0 Å². The molecule has 0 saturated heterocycles.